The Morgan fingerprint density at radius 2 is 1.79 bits per heavy atom. The van der Waals surface area contributed by atoms with E-state index in [2.05, 4.69) is 0 Å². The van der Waals surface area contributed by atoms with E-state index in [0.29, 0.717) is 6.42 Å². The normalized spacial score (nSPS) is 19.0. The minimum Gasteiger partial charge on any atom is -0.324 e. The highest BCUT2D eigenvalue weighted by atomic mass is 31.2. The lowest BCUT2D eigenvalue weighted by Gasteiger charge is -2.31. The van der Waals surface area contributed by atoms with Crippen LogP contribution in [0, 0.1) is 0 Å². The van der Waals surface area contributed by atoms with E-state index >= 15 is 0 Å². The summed E-state index contributed by atoms with van der Waals surface area (Å²) < 4.78 is 17.2. The molecule has 0 rings (SSSR count). The minimum atomic E-state index is -3.44. The number of rotatable bonds is 6. The Bertz CT molecular complexity index is 211. The molecule has 0 aliphatic carbocycles. The molecule has 0 radical (unpaired) electrons. The van der Waals surface area contributed by atoms with Gasteiger partial charge in [-0.2, -0.15) is 0 Å². The Morgan fingerprint density at radius 1 is 1.36 bits per heavy atom. The molecule has 0 aromatic rings. The van der Waals surface area contributed by atoms with Crippen LogP contribution >= 0.6 is 7.60 Å². The monoisotopic (exact) mass is 222 g/mol. The van der Waals surface area contributed by atoms with Gasteiger partial charge in [-0.25, -0.2) is 0 Å². The summed E-state index contributed by atoms with van der Waals surface area (Å²) in [5.41, 5.74) is -0.742. The molecule has 3 nitrogen and oxygen atoms in total. The molecule has 2 unspecified atom stereocenters. The van der Waals surface area contributed by atoms with Crippen LogP contribution in [-0.2, 0) is 9.09 Å². The zero-order valence-electron chi connectivity index (χ0n) is 9.91. The van der Waals surface area contributed by atoms with Crippen LogP contribution in [0.2, 0.25) is 0 Å². The van der Waals surface area contributed by atoms with Crippen molar-refractivity contribution in [1.82, 2.24) is 0 Å². The number of hydrogen-bond acceptors (Lipinski definition) is 2. The molecule has 14 heavy (non-hydrogen) atoms. The van der Waals surface area contributed by atoms with Gasteiger partial charge in [-0.05, 0) is 26.2 Å². The van der Waals surface area contributed by atoms with Crippen LogP contribution in [0.25, 0.3) is 0 Å². The summed E-state index contributed by atoms with van der Waals surface area (Å²) in [4.78, 5) is 9.71. The standard InChI is InChI=1S/C10H23O3P/c1-6-9(4)14(11,12)13-10(5,7-2)8-3/h9H,6-8H2,1-5H3,(H,11,12). The van der Waals surface area contributed by atoms with Crippen molar-refractivity contribution in [3.8, 4) is 0 Å². The predicted molar refractivity (Wildman–Crippen MR) is 59.7 cm³/mol. The lowest BCUT2D eigenvalue weighted by Crippen LogP contribution is -2.27. The molecule has 0 amide bonds. The average Bonchev–Trinajstić information content (AvgIpc) is 2.15. The van der Waals surface area contributed by atoms with Crippen LogP contribution in [0.15, 0.2) is 0 Å². The zero-order chi connectivity index (χ0) is 11.4. The summed E-state index contributed by atoms with van der Waals surface area (Å²) in [6.07, 6.45) is 2.17. The van der Waals surface area contributed by atoms with Crippen LogP contribution in [0.5, 0.6) is 0 Å². The van der Waals surface area contributed by atoms with Crippen molar-refractivity contribution >= 4 is 7.60 Å². The van der Waals surface area contributed by atoms with Crippen molar-refractivity contribution < 1.29 is 14.0 Å². The van der Waals surface area contributed by atoms with Crippen LogP contribution in [0.3, 0.4) is 0 Å². The summed E-state index contributed by atoms with van der Waals surface area (Å²) in [5.74, 6) is 0. The maximum absolute atomic E-state index is 11.8. The molecule has 0 bridgehead atoms. The van der Waals surface area contributed by atoms with Gasteiger partial charge < -0.3 is 9.42 Å². The van der Waals surface area contributed by atoms with Gasteiger partial charge in [0.2, 0.25) is 0 Å². The number of hydrogen-bond donors (Lipinski definition) is 1. The molecule has 0 aromatic heterocycles. The zero-order valence-corrected chi connectivity index (χ0v) is 10.8. The van der Waals surface area contributed by atoms with Gasteiger partial charge in [0.1, 0.15) is 0 Å². The molecule has 0 spiro atoms. The van der Waals surface area contributed by atoms with E-state index in [1.165, 1.54) is 0 Å². The second-order valence-corrected chi connectivity index (χ2v) is 6.26. The molecule has 0 saturated heterocycles. The van der Waals surface area contributed by atoms with Gasteiger partial charge in [0.05, 0.1) is 11.3 Å². The summed E-state index contributed by atoms with van der Waals surface area (Å²) >= 11 is 0. The first-order valence-electron chi connectivity index (χ1n) is 5.34. The predicted octanol–water partition coefficient (Wildman–Crippen LogP) is 3.57. The quantitative estimate of drug-likeness (QED) is 0.699. The van der Waals surface area contributed by atoms with Crippen LogP contribution in [0.1, 0.15) is 53.9 Å². The first-order valence-corrected chi connectivity index (χ1v) is 6.99. The highest BCUT2D eigenvalue weighted by molar-refractivity contribution is 7.53. The highest BCUT2D eigenvalue weighted by Crippen LogP contribution is 2.52. The van der Waals surface area contributed by atoms with Gasteiger partial charge in [-0.15, -0.1) is 0 Å². The second-order valence-electron chi connectivity index (χ2n) is 4.07. The summed E-state index contributed by atoms with van der Waals surface area (Å²) in [7, 11) is -3.44. The maximum atomic E-state index is 11.8. The van der Waals surface area contributed by atoms with Crippen LogP contribution < -0.4 is 0 Å². The smallest absolute Gasteiger partial charge is 0.324 e. The molecule has 0 aromatic carbocycles. The third-order valence-corrected chi connectivity index (χ3v) is 5.18. The Hall–Kier alpha value is 0.150. The molecule has 2 atom stereocenters. The van der Waals surface area contributed by atoms with Crippen molar-refractivity contribution in [3.05, 3.63) is 0 Å². The fraction of sp³-hybridized carbons (Fsp3) is 1.00. The van der Waals surface area contributed by atoms with E-state index in [-0.39, 0.29) is 5.66 Å². The SMILES string of the molecule is CCC(C)P(=O)(O)OC(C)(CC)CC. The summed E-state index contributed by atoms with van der Waals surface area (Å²) in [6, 6.07) is 0. The molecule has 0 saturated carbocycles. The van der Waals surface area contributed by atoms with Gasteiger partial charge in [0, 0.05) is 0 Å². The third kappa shape index (κ3) is 3.72. The summed E-state index contributed by atoms with van der Waals surface area (Å²) in [6.45, 7) is 9.48. The van der Waals surface area contributed by atoms with Crippen molar-refractivity contribution in [2.45, 2.75) is 65.1 Å². The van der Waals surface area contributed by atoms with E-state index in [9.17, 15) is 9.46 Å². The molecule has 0 fully saturated rings. The lowest BCUT2D eigenvalue weighted by atomic mass is 10.0. The van der Waals surface area contributed by atoms with E-state index in [1.54, 1.807) is 6.92 Å². The van der Waals surface area contributed by atoms with Crippen molar-refractivity contribution in [2.24, 2.45) is 0 Å². The Morgan fingerprint density at radius 3 is 2.07 bits per heavy atom. The van der Waals surface area contributed by atoms with Gasteiger partial charge in [0.25, 0.3) is 0 Å². The molecule has 0 heterocycles. The van der Waals surface area contributed by atoms with E-state index in [1.807, 2.05) is 27.7 Å². The second kappa shape index (κ2) is 5.29. The molecule has 1 N–H and O–H groups in total. The molecule has 0 aliphatic rings. The van der Waals surface area contributed by atoms with E-state index in [0.717, 1.165) is 12.8 Å². The van der Waals surface area contributed by atoms with Crippen LogP contribution in [0.4, 0.5) is 0 Å². The topological polar surface area (TPSA) is 46.5 Å². The molecule has 4 heteroatoms. The Kier molecular flexibility index (Phi) is 5.35. The fourth-order valence-electron chi connectivity index (χ4n) is 1.02. The van der Waals surface area contributed by atoms with Gasteiger partial charge >= 0.3 is 7.60 Å². The average molecular weight is 222 g/mol. The lowest BCUT2D eigenvalue weighted by molar-refractivity contribution is 0.0634. The van der Waals surface area contributed by atoms with Gasteiger partial charge in [0.15, 0.2) is 0 Å². The fourth-order valence-corrected chi connectivity index (χ4v) is 2.55. The Labute approximate surface area is 87.4 Å². The van der Waals surface area contributed by atoms with Gasteiger partial charge in [-0.1, -0.05) is 27.7 Å². The minimum absolute atomic E-state index is 0.278. The first-order chi connectivity index (χ1) is 6.31. The van der Waals surface area contributed by atoms with E-state index < -0.39 is 13.2 Å². The largest absolute Gasteiger partial charge is 0.331 e. The highest BCUT2D eigenvalue weighted by Gasteiger charge is 2.35. The third-order valence-electron chi connectivity index (χ3n) is 2.99. The molecule has 0 aliphatic heterocycles. The van der Waals surface area contributed by atoms with Crippen molar-refractivity contribution in [3.63, 3.8) is 0 Å². The van der Waals surface area contributed by atoms with Gasteiger partial charge in [-0.3, -0.25) is 4.57 Å². The molecular formula is C10H23O3P. The van der Waals surface area contributed by atoms with Crippen molar-refractivity contribution in [2.75, 3.05) is 0 Å². The van der Waals surface area contributed by atoms with Crippen LogP contribution in [-0.4, -0.2) is 16.2 Å². The first kappa shape index (κ1) is 14.2. The maximum Gasteiger partial charge on any atom is 0.331 e. The molecule has 86 valence electrons. The molecular weight excluding hydrogens is 199 g/mol. The summed E-state index contributed by atoms with van der Waals surface area (Å²) in [5, 5.41) is 0. The van der Waals surface area contributed by atoms with E-state index in [4.69, 9.17) is 4.52 Å². The Balaban J connectivity index is 4.56. The van der Waals surface area contributed by atoms with Crippen molar-refractivity contribution in [1.29, 1.82) is 0 Å².